The molecule has 0 spiro atoms. The van der Waals surface area contributed by atoms with E-state index in [0.29, 0.717) is 29.4 Å². The predicted molar refractivity (Wildman–Crippen MR) is 119 cm³/mol. The highest BCUT2D eigenvalue weighted by molar-refractivity contribution is 6.31. The fraction of sp³-hybridized carbons (Fsp3) is 0.435. The molecule has 0 bridgehead atoms. The van der Waals surface area contributed by atoms with Gasteiger partial charge in [-0.2, -0.15) is 13.2 Å². The van der Waals surface area contributed by atoms with E-state index in [1.54, 1.807) is 18.2 Å². The second kappa shape index (κ2) is 11.6. The fourth-order valence-corrected chi connectivity index (χ4v) is 3.65. The molecule has 0 saturated carbocycles. The summed E-state index contributed by atoms with van der Waals surface area (Å²) in [6.45, 7) is 4.48. The number of aryl methyl sites for hydroxylation is 1. The number of methoxy groups -OCH3 is 1. The number of ether oxygens (including phenoxy) is 3. The minimum absolute atomic E-state index is 0.0159. The minimum atomic E-state index is -4.46. The standard InChI is InChI=1S/C23H26ClF3N2O4/c1-31-21-15-18(5-6-20(21)33-13-10-29-8-11-32-12-9-29)28-22(30)7-3-16-2-4-17(14-19(16)24)23(25,26)27/h2,4-6,14-15H,3,7-13H2,1H3,(H,28,30). The highest BCUT2D eigenvalue weighted by atomic mass is 35.5. The molecule has 1 N–H and O–H groups in total. The van der Waals surface area contributed by atoms with Gasteiger partial charge < -0.3 is 19.5 Å². The summed E-state index contributed by atoms with van der Waals surface area (Å²) in [5.74, 6) is 0.759. The highest BCUT2D eigenvalue weighted by Gasteiger charge is 2.30. The molecule has 1 saturated heterocycles. The summed E-state index contributed by atoms with van der Waals surface area (Å²) in [5.41, 5.74) is 0.178. The van der Waals surface area contributed by atoms with E-state index in [-0.39, 0.29) is 23.8 Å². The number of morpholine rings is 1. The molecule has 0 aliphatic carbocycles. The molecular weight excluding hydrogens is 461 g/mol. The third-order valence-corrected chi connectivity index (χ3v) is 5.57. The number of carbonyl (C=O) groups is 1. The van der Waals surface area contributed by atoms with Crippen LogP contribution in [0.4, 0.5) is 18.9 Å². The molecule has 180 valence electrons. The van der Waals surface area contributed by atoms with Crippen molar-refractivity contribution in [3.05, 3.63) is 52.5 Å². The van der Waals surface area contributed by atoms with E-state index in [2.05, 4.69) is 10.2 Å². The van der Waals surface area contributed by atoms with Crippen molar-refractivity contribution >= 4 is 23.2 Å². The minimum Gasteiger partial charge on any atom is -0.493 e. The summed E-state index contributed by atoms with van der Waals surface area (Å²) in [5, 5.41) is 2.74. The van der Waals surface area contributed by atoms with Crippen molar-refractivity contribution in [1.82, 2.24) is 4.90 Å². The lowest BCUT2D eigenvalue weighted by Gasteiger charge is -2.26. The van der Waals surface area contributed by atoms with Gasteiger partial charge in [0, 0.05) is 42.8 Å². The van der Waals surface area contributed by atoms with Crippen molar-refractivity contribution in [2.24, 2.45) is 0 Å². The first kappa shape index (κ1) is 25.1. The maximum absolute atomic E-state index is 12.8. The zero-order valence-electron chi connectivity index (χ0n) is 18.2. The predicted octanol–water partition coefficient (Wildman–Crippen LogP) is 4.65. The van der Waals surface area contributed by atoms with Crippen LogP contribution in [0, 0.1) is 0 Å². The Labute approximate surface area is 195 Å². The molecule has 0 radical (unpaired) electrons. The Morgan fingerprint density at radius 2 is 1.91 bits per heavy atom. The van der Waals surface area contributed by atoms with Gasteiger partial charge in [0.2, 0.25) is 5.91 Å². The molecule has 33 heavy (non-hydrogen) atoms. The highest BCUT2D eigenvalue weighted by Crippen LogP contribution is 2.33. The van der Waals surface area contributed by atoms with Crippen LogP contribution in [0.15, 0.2) is 36.4 Å². The molecule has 1 amide bonds. The summed E-state index contributed by atoms with van der Waals surface area (Å²) in [6, 6.07) is 8.22. The van der Waals surface area contributed by atoms with Gasteiger partial charge in [0.05, 0.1) is 25.9 Å². The Morgan fingerprint density at radius 1 is 1.15 bits per heavy atom. The molecule has 1 fully saturated rings. The zero-order chi connectivity index (χ0) is 23.8. The average molecular weight is 487 g/mol. The lowest BCUT2D eigenvalue weighted by atomic mass is 10.1. The molecule has 6 nitrogen and oxygen atoms in total. The van der Waals surface area contributed by atoms with Crippen molar-refractivity contribution in [3.8, 4) is 11.5 Å². The molecule has 1 heterocycles. The molecule has 1 aliphatic heterocycles. The Balaban J connectivity index is 1.51. The second-order valence-corrected chi connectivity index (χ2v) is 7.93. The zero-order valence-corrected chi connectivity index (χ0v) is 19.0. The maximum Gasteiger partial charge on any atom is 0.416 e. The molecule has 0 unspecified atom stereocenters. The van der Waals surface area contributed by atoms with E-state index < -0.39 is 11.7 Å². The monoisotopic (exact) mass is 486 g/mol. The topological polar surface area (TPSA) is 60.0 Å². The van der Waals surface area contributed by atoms with Crippen LogP contribution in [0.25, 0.3) is 0 Å². The van der Waals surface area contributed by atoms with Crippen LogP contribution in [0.3, 0.4) is 0 Å². The summed E-state index contributed by atoms with van der Waals surface area (Å²) < 4.78 is 54.8. The molecule has 0 atom stereocenters. The number of nitrogens with one attached hydrogen (secondary N) is 1. The van der Waals surface area contributed by atoms with Gasteiger partial charge in [0.25, 0.3) is 0 Å². The van der Waals surface area contributed by atoms with E-state index in [9.17, 15) is 18.0 Å². The van der Waals surface area contributed by atoms with Gasteiger partial charge in [-0.05, 0) is 36.2 Å². The van der Waals surface area contributed by atoms with Crippen LogP contribution >= 0.6 is 11.6 Å². The largest absolute Gasteiger partial charge is 0.493 e. The lowest BCUT2D eigenvalue weighted by molar-refractivity contribution is -0.137. The van der Waals surface area contributed by atoms with Crippen LogP contribution in [0.5, 0.6) is 11.5 Å². The number of carbonyl (C=O) groups excluding carboxylic acids is 1. The molecule has 3 rings (SSSR count). The van der Waals surface area contributed by atoms with Gasteiger partial charge >= 0.3 is 6.18 Å². The quantitative estimate of drug-likeness (QED) is 0.559. The van der Waals surface area contributed by atoms with E-state index in [1.807, 2.05) is 0 Å². The molecule has 2 aromatic rings. The average Bonchev–Trinajstić information content (AvgIpc) is 2.79. The van der Waals surface area contributed by atoms with Gasteiger partial charge in [-0.3, -0.25) is 9.69 Å². The Bertz CT molecular complexity index is 950. The fourth-order valence-electron chi connectivity index (χ4n) is 3.37. The molecule has 0 aromatic heterocycles. The van der Waals surface area contributed by atoms with Crippen LogP contribution < -0.4 is 14.8 Å². The number of amides is 1. The number of rotatable bonds is 9. The van der Waals surface area contributed by atoms with E-state index >= 15 is 0 Å². The first-order valence-electron chi connectivity index (χ1n) is 10.5. The number of anilines is 1. The molecule has 1 aliphatic rings. The molecule has 10 heteroatoms. The summed E-state index contributed by atoms with van der Waals surface area (Å²) >= 11 is 5.96. The van der Waals surface area contributed by atoms with Gasteiger partial charge in [-0.15, -0.1) is 0 Å². The first-order valence-corrected chi connectivity index (χ1v) is 10.9. The van der Waals surface area contributed by atoms with Crippen LogP contribution in [0.2, 0.25) is 5.02 Å². The van der Waals surface area contributed by atoms with E-state index in [1.165, 1.54) is 13.2 Å². The van der Waals surface area contributed by atoms with Gasteiger partial charge in [-0.25, -0.2) is 0 Å². The van der Waals surface area contributed by atoms with E-state index in [4.69, 9.17) is 25.8 Å². The third kappa shape index (κ3) is 7.52. The molecular formula is C23H26ClF3N2O4. The van der Waals surface area contributed by atoms with E-state index in [0.717, 1.165) is 45.0 Å². The number of hydrogen-bond acceptors (Lipinski definition) is 5. The van der Waals surface area contributed by atoms with Crippen LogP contribution in [-0.2, 0) is 22.1 Å². The number of benzene rings is 2. The Hall–Kier alpha value is -2.49. The summed E-state index contributed by atoms with van der Waals surface area (Å²) in [6.07, 6.45) is -4.19. The lowest BCUT2D eigenvalue weighted by Crippen LogP contribution is -2.38. The second-order valence-electron chi connectivity index (χ2n) is 7.52. The molecule has 2 aromatic carbocycles. The van der Waals surface area contributed by atoms with Gasteiger partial charge in [-0.1, -0.05) is 17.7 Å². The third-order valence-electron chi connectivity index (χ3n) is 5.22. The van der Waals surface area contributed by atoms with Crippen molar-refractivity contribution in [1.29, 1.82) is 0 Å². The van der Waals surface area contributed by atoms with Crippen molar-refractivity contribution < 1.29 is 32.2 Å². The smallest absolute Gasteiger partial charge is 0.416 e. The summed E-state index contributed by atoms with van der Waals surface area (Å²) in [4.78, 5) is 14.6. The Morgan fingerprint density at radius 3 is 2.58 bits per heavy atom. The summed E-state index contributed by atoms with van der Waals surface area (Å²) in [7, 11) is 1.52. The number of hydrogen-bond donors (Lipinski definition) is 1. The number of nitrogens with zero attached hydrogens (tertiary/aromatic N) is 1. The Kier molecular flexibility index (Phi) is 8.82. The normalized spacial score (nSPS) is 14.7. The SMILES string of the molecule is COc1cc(NC(=O)CCc2ccc(C(F)(F)F)cc2Cl)ccc1OCCN1CCOCC1. The van der Waals surface area contributed by atoms with Gasteiger partial charge in [0.15, 0.2) is 11.5 Å². The first-order chi connectivity index (χ1) is 15.8. The van der Waals surface area contributed by atoms with Crippen molar-refractivity contribution in [2.45, 2.75) is 19.0 Å². The maximum atomic E-state index is 12.8. The van der Waals surface area contributed by atoms with Crippen LogP contribution in [-0.4, -0.2) is 57.4 Å². The van der Waals surface area contributed by atoms with Crippen LogP contribution in [0.1, 0.15) is 17.5 Å². The number of halogens is 4. The van der Waals surface area contributed by atoms with Crippen molar-refractivity contribution in [3.63, 3.8) is 0 Å². The van der Waals surface area contributed by atoms with Crippen molar-refractivity contribution in [2.75, 3.05) is 51.9 Å². The van der Waals surface area contributed by atoms with Gasteiger partial charge in [0.1, 0.15) is 6.61 Å². The number of alkyl halides is 3.